The van der Waals surface area contributed by atoms with E-state index in [-0.39, 0.29) is 41.2 Å². The van der Waals surface area contributed by atoms with Crippen molar-refractivity contribution in [2.75, 3.05) is 0 Å². The number of carbonyl (C=O) groups excluding carboxylic acids is 3. The first-order valence-corrected chi connectivity index (χ1v) is 8.66. The van der Waals surface area contributed by atoms with E-state index >= 15 is 0 Å². The highest BCUT2D eigenvalue weighted by Gasteiger charge is 2.48. The van der Waals surface area contributed by atoms with Gasteiger partial charge in [0.05, 0.1) is 23.3 Å². The minimum Gasteiger partial charge on any atom is -0.425 e. The highest BCUT2D eigenvalue weighted by atomic mass is 16.6. The van der Waals surface area contributed by atoms with Gasteiger partial charge in [-0.15, -0.1) is 0 Å². The Morgan fingerprint density at radius 2 is 2.12 bits per heavy atom. The highest BCUT2D eigenvalue weighted by molar-refractivity contribution is 6.01. The van der Waals surface area contributed by atoms with Crippen molar-refractivity contribution in [3.8, 4) is 5.75 Å². The van der Waals surface area contributed by atoms with Gasteiger partial charge in [0.1, 0.15) is 11.9 Å². The van der Waals surface area contributed by atoms with Crippen molar-refractivity contribution in [3.63, 3.8) is 0 Å². The van der Waals surface area contributed by atoms with E-state index in [4.69, 9.17) is 9.47 Å². The fraction of sp³-hybridized carbons (Fsp3) is 0.421. The summed E-state index contributed by atoms with van der Waals surface area (Å²) in [6.07, 6.45) is 2.27. The molecule has 0 saturated carbocycles. The van der Waals surface area contributed by atoms with E-state index in [0.29, 0.717) is 11.5 Å². The number of hydroxylamine groups is 2. The van der Waals surface area contributed by atoms with Gasteiger partial charge in [-0.3, -0.25) is 19.6 Å². The minimum absolute atomic E-state index is 0.0410. The molecule has 1 aliphatic heterocycles. The van der Waals surface area contributed by atoms with Gasteiger partial charge >= 0.3 is 5.97 Å². The molecule has 2 aliphatic rings. The van der Waals surface area contributed by atoms with Crippen LogP contribution in [0, 0.1) is 5.92 Å². The van der Waals surface area contributed by atoms with Gasteiger partial charge in [-0.05, 0) is 18.6 Å². The summed E-state index contributed by atoms with van der Waals surface area (Å²) in [7, 11) is 0. The van der Waals surface area contributed by atoms with Crippen LogP contribution in [0.1, 0.15) is 43.5 Å². The van der Waals surface area contributed by atoms with Crippen molar-refractivity contribution in [1.82, 2.24) is 5.06 Å². The van der Waals surface area contributed by atoms with Gasteiger partial charge < -0.3 is 9.47 Å². The molecule has 1 N–H and O–H groups in total. The zero-order valence-corrected chi connectivity index (χ0v) is 14.7. The summed E-state index contributed by atoms with van der Waals surface area (Å²) in [6, 6.07) is 6.20. The first kappa shape index (κ1) is 18.3. The molecule has 1 aromatic carbocycles. The van der Waals surface area contributed by atoms with Gasteiger partial charge in [0.25, 0.3) is 5.91 Å². The molecule has 0 aromatic heterocycles. The Morgan fingerprint density at radius 1 is 1.38 bits per heavy atom. The number of hydrogen-bond acceptors (Lipinski definition) is 6. The Kier molecular flexibility index (Phi) is 5.20. The lowest BCUT2D eigenvalue weighted by Gasteiger charge is -2.21. The third kappa shape index (κ3) is 3.68. The molecular formula is C19H21NO6. The quantitative estimate of drug-likeness (QED) is 0.276. The smallest absolute Gasteiger partial charge is 0.314 e. The second-order valence-electron chi connectivity index (χ2n) is 6.56. The number of rotatable bonds is 6. The van der Waals surface area contributed by atoms with E-state index in [1.165, 1.54) is 18.2 Å². The molecule has 3 rings (SSSR count). The lowest BCUT2D eigenvalue weighted by molar-refractivity contribution is -0.138. The maximum Gasteiger partial charge on any atom is 0.314 e. The number of para-hydroxylation sites is 1. The van der Waals surface area contributed by atoms with Crippen LogP contribution in [0.25, 0.3) is 0 Å². The molecule has 1 fully saturated rings. The van der Waals surface area contributed by atoms with Crippen molar-refractivity contribution in [2.45, 2.75) is 45.3 Å². The molecular weight excluding hydrogens is 338 g/mol. The third-order valence-corrected chi connectivity index (χ3v) is 4.50. The molecule has 7 heteroatoms. The number of hydrogen-bond donors (Lipinski definition) is 1. The highest BCUT2D eigenvalue weighted by Crippen LogP contribution is 2.35. The molecule has 3 atom stereocenters. The van der Waals surface area contributed by atoms with Crippen LogP contribution in [-0.2, 0) is 14.3 Å². The number of benzene rings is 1. The van der Waals surface area contributed by atoms with Crippen LogP contribution in [0.3, 0.4) is 0 Å². The van der Waals surface area contributed by atoms with Gasteiger partial charge in [0.2, 0.25) is 0 Å². The predicted octanol–water partition coefficient (Wildman–Crippen LogP) is 2.48. The van der Waals surface area contributed by atoms with Crippen LogP contribution < -0.4 is 4.74 Å². The van der Waals surface area contributed by atoms with Crippen molar-refractivity contribution >= 4 is 17.7 Å². The molecule has 0 bridgehead atoms. The number of esters is 1. The first-order valence-electron chi connectivity index (χ1n) is 8.66. The van der Waals surface area contributed by atoms with Gasteiger partial charge in [-0.2, -0.15) is 5.06 Å². The van der Waals surface area contributed by atoms with Crippen LogP contribution in [0.5, 0.6) is 5.75 Å². The standard InChI is InChI=1S/C19H21NO6/c1-3-6-11(2)19(23)26-15-8-5-4-7-13(15)18(22)20(24)12-9-14(21)17-16(10-12)25-17/h4-5,7-9,11,16-17,24H,3,6,10H2,1-2H3. The monoisotopic (exact) mass is 359 g/mol. The molecule has 138 valence electrons. The second-order valence-corrected chi connectivity index (χ2v) is 6.56. The van der Waals surface area contributed by atoms with Crippen molar-refractivity contribution in [2.24, 2.45) is 5.92 Å². The number of carbonyl (C=O) groups is 3. The van der Waals surface area contributed by atoms with Gasteiger partial charge in [-0.1, -0.05) is 32.4 Å². The van der Waals surface area contributed by atoms with Gasteiger partial charge in [0.15, 0.2) is 5.78 Å². The van der Waals surface area contributed by atoms with Crippen LogP contribution in [0.15, 0.2) is 36.0 Å². The summed E-state index contributed by atoms with van der Waals surface area (Å²) in [5, 5.41) is 10.7. The van der Waals surface area contributed by atoms with Crippen LogP contribution in [-0.4, -0.2) is 40.1 Å². The van der Waals surface area contributed by atoms with E-state index < -0.39 is 18.0 Å². The van der Waals surface area contributed by atoms with Crippen LogP contribution >= 0.6 is 0 Å². The number of nitrogens with zero attached hydrogens (tertiary/aromatic N) is 1. The molecule has 7 nitrogen and oxygen atoms in total. The van der Waals surface area contributed by atoms with Gasteiger partial charge in [-0.25, -0.2) is 0 Å². The molecule has 1 heterocycles. The Bertz CT molecular complexity index is 771. The first-order chi connectivity index (χ1) is 12.4. The maximum atomic E-state index is 12.7. The summed E-state index contributed by atoms with van der Waals surface area (Å²) in [4.78, 5) is 36.6. The minimum atomic E-state index is -0.769. The molecule has 0 spiro atoms. The average Bonchev–Trinajstić information content (AvgIpc) is 3.41. The SMILES string of the molecule is CCCC(C)C(=O)Oc1ccccc1C(=O)N(O)C1=CC(=O)C2OC2C1. The number of fused-ring (bicyclic) bond motifs is 1. The Hall–Kier alpha value is -2.51. The Morgan fingerprint density at radius 3 is 2.81 bits per heavy atom. The number of amides is 1. The number of ketones is 1. The van der Waals surface area contributed by atoms with E-state index in [9.17, 15) is 19.6 Å². The predicted molar refractivity (Wildman–Crippen MR) is 90.5 cm³/mol. The van der Waals surface area contributed by atoms with Crippen molar-refractivity contribution in [3.05, 3.63) is 41.6 Å². The second kappa shape index (κ2) is 7.39. The van der Waals surface area contributed by atoms with E-state index in [1.54, 1.807) is 19.1 Å². The lowest BCUT2D eigenvalue weighted by atomic mass is 10.0. The topological polar surface area (TPSA) is 96.4 Å². The summed E-state index contributed by atoms with van der Waals surface area (Å²) >= 11 is 0. The number of ether oxygens (including phenoxy) is 2. The largest absolute Gasteiger partial charge is 0.425 e. The molecule has 26 heavy (non-hydrogen) atoms. The normalized spacial score (nSPS) is 22.1. The summed E-state index contributed by atoms with van der Waals surface area (Å²) in [5.41, 5.74) is 0.207. The van der Waals surface area contributed by atoms with E-state index in [1.807, 2.05) is 6.92 Å². The molecule has 1 aromatic rings. The fourth-order valence-electron chi connectivity index (χ4n) is 2.94. The van der Waals surface area contributed by atoms with Crippen LogP contribution in [0.2, 0.25) is 0 Å². The molecule has 1 aliphatic carbocycles. The molecule has 0 radical (unpaired) electrons. The van der Waals surface area contributed by atoms with E-state index in [0.717, 1.165) is 6.42 Å². The Labute approximate surface area is 151 Å². The molecule has 3 unspecified atom stereocenters. The number of epoxide rings is 1. The summed E-state index contributed by atoms with van der Waals surface area (Å²) in [6.45, 7) is 3.73. The zero-order chi connectivity index (χ0) is 18.8. The average molecular weight is 359 g/mol. The fourth-order valence-corrected chi connectivity index (χ4v) is 2.94. The van der Waals surface area contributed by atoms with Crippen molar-refractivity contribution in [1.29, 1.82) is 0 Å². The van der Waals surface area contributed by atoms with Gasteiger partial charge in [0, 0.05) is 12.5 Å². The molecule has 1 saturated heterocycles. The van der Waals surface area contributed by atoms with E-state index in [2.05, 4.69) is 0 Å². The third-order valence-electron chi connectivity index (χ3n) is 4.50. The Balaban J connectivity index is 1.77. The summed E-state index contributed by atoms with van der Waals surface area (Å²) < 4.78 is 10.5. The molecule has 1 amide bonds. The maximum absolute atomic E-state index is 12.7. The lowest BCUT2D eigenvalue weighted by Crippen LogP contribution is -2.31. The van der Waals surface area contributed by atoms with Crippen molar-refractivity contribution < 1.29 is 29.1 Å². The zero-order valence-electron chi connectivity index (χ0n) is 14.7. The summed E-state index contributed by atoms with van der Waals surface area (Å²) in [5.74, 6) is -1.69. The van der Waals surface area contributed by atoms with Crippen LogP contribution in [0.4, 0.5) is 0 Å².